The first-order valence-electron chi connectivity index (χ1n) is 6.55. The van der Waals surface area contributed by atoms with Crippen LogP contribution in [-0.4, -0.2) is 49.6 Å². The Bertz CT molecular complexity index is 515. The summed E-state index contributed by atoms with van der Waals surface area (Å²) in [5.41, 5.74) is 7.08. The number of hydrogen-bond acceptors (Lipinski definition) is 5. The molecule has 7 nitrogen and oxygen atoms in total. The molecule has 0 heterocycles. The minimum absolute atomic E-state index is 0.00272. The van der Waals surface area contributed by atoms with Gasteiger partial charge in [-0.1, -0.05) is 11.2 Å². The van der Waals surface area contributed by atoms with Crippen LogP contribution in [0.5, 0.6) is 5.75 Å². The number of methoxy groups -OCH3 is 1. The van der Waals surface area contributed by atoms with Crippen molar-refractivity contribution in [1.82, 2.24) is 10.2 Å². The number of oxime groups is 1. The molecule has 0 bridgehead atoms. The standard InChI is InChI=1S/C14H22N4O3/c1-18(2)13(19)6-7-16-9-10-4-5-11(14(15)17-20)12(8-10)21-3/h4-5,8,16,20H,6-7,9H2,1-3H3,(H2,15,17). The van der Waals surface area contributed by atoms with Gasteiger partial charge in [0, 0.05) is 33.6 Å². The molecule has 0 aliphatic heterocycles. The van der Waals surface area contributed by atoms with Crippen molar-refractivity contribution < 1.29 is 14.7 Å². The summed E-state index contributed by atoms with van der Waals surface area (Å²) in [7, 11) is 4.99. The highest BCUT2D eigenvalue weighted by molar-refractivity contribution is 5.99. The van der Waals surface area contributed by atoms with Crippen LogP contribution >= 0.6 is 0 Å². The zero-order valence-corrected chi connectivity index (χ0v) is 12.6. The molecule has 0 aliphatic rings. The molecule has 7 heteroatoms. The summed E-state index contributed by atoms with van der Waals surface area (Å²) in [6, 6.07) is 5.40. The lowest BCUT2D eigenvalue weighted by Gasteiger charge is -2.12. The van der Waals surface area contributed by atoms with Crippen molar-refractivity contribution in [3.05, 3.63) is 29.3 Å². The summed E-state index contributed by atoms with van der Waals surface area (Å²) < 4.78 is 5.22. The summed E-state index contributed by atoms with van der Waals surface area (Å²) in [6.07, 6.45) is 0.451. The number of hydrogen-bond donors (Lipinski definition) is 3. The second kappa shape index (κ2) is 8.11. The number of carbonyl (C=O) groups is 1. The van der Waals surface area contributed by atoms with Gasteiger partial charge in [-0.05, 0) is 17.7 Å². The number of benzene rings is 1. The fraction of sp³-hybridized carbons (Fsp3) is 0.429. The van der Waals surface area contributed by atoms with E-state index in [1.807, 2.05) is 12.1 Å². The minimum Gasteiger partial charge on any atom is -0.496 e. The summed E-state index contributed by atoms with van der Waals surface area (Å²) in [4.78, 5) is 13.0. The van der Waals surface area contributed by atoms with Crippen molar-refractivity contribution in [2.45, 2.75) is 13.0 Å². The van der Waals surface area contributed by atoms with Crippen molar-refractivity contribution in [1.29, 1.82) is 0 Å². The monoisotopic (exact) mass is 294 g/mol. The van der Waals surface area contributed by atoms with Gasteiger partial charge in [-0.25, -0.2) is 0 Å². The fourth-order valence-corrected chi connectivity index (χ4v) is 1.76. The van der Waals surface area contributed by atoms with Gasteiger partial charge in [0.05, 0.1) is 12.7 Å². The zero-order valence-electron chi connectivity index (χ0n) is 12.6. The molecule has 0 aromatic heterocycles. The number of nitrogens with one attached hydrogen (secondary N) is 1. The van der Waals surface area contributed by atoms with E-state index in [1.54, 1.807) is 25.1 Å². The largest absolute Gasteiger partial charge is 0.496 e. The normalized spacial score (nSPS) is 11.3. The number of nitrogens with two attached hydrogens (primary N) is 1. The summed E-state index contributed by atoms with van der Waals surface area (Å²) in [6.45, 7) is 1.20. The lowest BCUT2D eigenvalue weighted by molar-refractivity contribution is -0.128. The van der Waals surface area contributed by atoms with E-state index < -0.39 is 0 Å². The van der Waals surface area contributed by atoms with Crippen LogP contribution in [0.4, 0.5) is 0 Å². The third-order valence-electron chi connectivity index (χ3n) is 2.99. The van der Waals surface area contributed by atoms with Crippen LogP contribution in [-0.2, 0) is 11.3 Å². The van der Waals surface area contributed by atoms with Crippen molar-refractivity contribution in [3.63, 3.8) is 0 Å². The minimum atomic E-state index is 0.00272. The maximum Gasteiger partial charge on any atom is 0.223 e. The van der Waals surface area contributed by atoms with Gasteiger partial charge in [0.15, 0.2) is 5.84 Å². The van der Waals surface area contributed by atoms with E-state index in [0.29, 0.717) is 30.8 Å². The number of ether oxygens (including phenoxy) is 1. The molecule has 1 aromatic rings. The molecule has 0 saturated carbocycles. The Morgan fingerprint density at radius 1 is 1.48 bits per heavy atom. The Morgan fingerprint density at radius 3 is 2.76 bits per heavy atom. The van der Waals surface area contributed by atoms with E-state index in [4.69, 9.17) is 15.7 Å². The topological polar surface area (TPSA) is 100 Å². The van der Waals surface area contributed by atoms with Crippen LogP contribution in [0, 0.1) is 0 Å². The molecule has 0 unspecified atom stereocenters. The van der Waals surface area contributed by atoms with E-state index in [-0.39, 0.29) is 11.7 Å². The zero-order chi connectivity index (χ0) is 15.8. The quantitative estimate of drug-likeness (QED) is 0.222. The van der Waals surface area contributed by atoms with Crippen LogP contribution in [0.2, 0.25) is 0 Å². The van der Waals surface area contributed by atoms with Gasteiger partial charge in [0.1, 0.15) is 5.75 Å². The van der Waals surface area contributed by atoms with Gasteiger partial charge in [0.2, 0.25) is 5.91 Å². The van der Waals surface area contributed by atoms with Crippen LogP contribution in [0.1, 0.15) is 17.5 Å². The summed E-state index contributed by atoms with van der Waals surface area (Å²) in [5, 5.41) is 14.9. The Morgan fingerprint density at radius 2 is 2.19 bits per heavy atom. The van der Waals surface area contributed by atoms with Gasteiger partial charge >= 0.3 is 0 Å². The molecule has 0 fully saturated rings. The second-order valence-corrected chi connectivity index (χ2v) is 4.73. The molecule has 1 amide bonds. The molecule has 21 heavy (non-hydrogen) atoms. The molecule has 116 valence electrons. The Kier molecular flexibility index (Phi) is 6.48. The summed E-state index contributed by atoms with van der Waals surface area (Å²) >= 11 is 0. The predicted octanol–water partition coefficient (Wildman–Crippen LogP) is 0.358. The smallest absolute Gasteiger partial charge is 0.223 e. The molecular weight excluding hydrogens is 272 g/mol. The van der Waals surface area contributed by atoms with Gasteiger partial charge in [0.25, 0.3) is 0 Å². The van der Waals surface area contributed by atoms with Gasteiger partial charge in [-0.3, -0.25) is 4.79 Å². The van der Waals surface area contributed by atoms with E-state index >= 15 is 0 Å². The summed E-state index contributed by atoms with van der Waals surface area (Å²) in [5.74, 6) is 0.624. The Hall–Kier alpha value is -2.28. The van der Waals surface area contributed by atoms with Crippen molar-refractivity contribution in [2.75, 3.05) is 27.7 Å². The molecule has 0 spiro atoms. The maximum atomic E-state index is 11.4. The number of rotatable bonds is 7. The van der Waals surface area contributed by atoms with Gasteiger partial charge in [-0.2, -0.15) is 0 Å². The van der Waals surface area contributed by atoms with Gasteiger partial charge in [-0.15, -0.1) is 0 Å². The molecular formula is C14H22N4O3. The number of nitrogens with zero attached hydrogens (tertiary/aromatic N) is 2. The number of amides is 1. The average molecular weight is 294 g/mol. The third-order valence-corrected chi connectivity index (χ3v) is 2.99. The highest BCUT2D eigenvalue weighted by Gasteiger charge is 2.09. The van der Waals surface area contributed by atoms with Gasteiger partial charge < -0.3 is 25.9 Å². The van der Waals surface area contributed by atoms with Crippen molar-refractivity contribution in [3.8, 4) is 5.75 Å². The van der Waals surface area contributed by atoms with Crippen LogP contribution < -0.4 is 15.8 Å². The van der Waals surface area contributed by atoms with Crippen molar-refractivity contribution in [2.24, 2.45) is 10.9 Å². The lowest BCUT2D eigenvalue weighted by Crippen LogP contribution is -2.26. The second-order valence-electron chi connectivity index (χ2n) is 4.73. The Balaban J connectivity index is 2.59. The molecule has 1 aromatic carbocycles. The van der Waals surface area contributed by atoms with E-state index in [1.165, 1.54) is 7.11 Å². The molecule has 0 radical (unpaired) electrons. The molecule has 0 atom stereocenters. The molecule has 0 aliphatic carbocycles. The van der Waals surface area contributed by atoms with E-state index in [0.717, 1.165) is 5.56 Å². The van der Waals surface area contributed by atoms with E-state index in [9.17, 15) is 4.79 Å². The maximum absolute atomic E-state index is 11.4. The first-order valence-corrected chi connectivity index (χ1v) is 6.55. The lowest BCUT2D eigenvalue weighted by atomic mass is 10.1. The van der Waals surface area contributed by atoms with E-state index in [2.05, 4.69) is 10.5 Å². The highest BCUT2D eigenvalue weighted by atomic mass is 16.5. The highest BCUT2D eigenvalue weighted by Crippen LogP contribution is 2.20. The van der Waals surface area contributed by atoms with Crippen LogP contribution in [0.3, 0.4) is 0 Å². The molecule has 0 saturated heterocycles. The third kappa shape index (κ3) is 4.96. The van der Waals surface area contributed by atoms with Crippen molar-refractivity contribution >= 4 is 11.7 Å². The first kappa shape index (κ1) is 16.8. The first-order chi connectivity index (χ1) is 9.99. The average Bonchev–Trinajstić information content (AvgIpc) is 2.50. The van der Waals surface area contributed by atoms with Crippen LogP contribution in [0.15, 0.2) is 23.4 Å². The predicted molar refractivity (Wildman–Crippen MR) is 80.5 cm³/mol. The number of carbonyl (C=O) groups excluding carboxylic acids is 1. The Labute approximate surface area is 124 Å². The van der Waals surface area contributed by atoms with Crippen LogP contribution in [0.25, 0.3) is 0 Å². The molecule has 4 N–H and O–H groups in total. The fourth-order valence-electron chi connectivity index (χ4n) is 1.76. The molecule has 1 rings (SSSR count). The SMILES string of the molecule is COc1cc(CNCCC(=O)N(C)C)ccc1/C(N)=N/O. The number of amidine groups is 1.